The first-order valence-corrected chi connectivity index (χ1v) is 10.1. The number of sulfonamides is 1. The van der Waals surface area contributed by atoms with E-state index in [2.05, 4.69) is 5.32 Å². The van der Waals surface area contributed by atoms with Crippen LogP contribution in [-0.2, 0) is 10.0 Å². The summed E-state index contributed by atoms with van der Waals surface area (Å²) in [6, 6.07) is 7.43. The summed E-state index contributed by atoms with van der Waals surface area (Å²) in [5.74, 6) is 0.0105. The minimum atomic E-state index is -3.62. The molecule has 0 saturated carbocycles. The summed E-state index contributed by atoms with van der Waals surface area (Å²) in [5.41, 5.74) is 0.608. The van der Waals surface area contributed by atoms with Gasteiger partial charge in [-0.3, -0.25) is 9.10 Å². The fourth-order valence-corrected chi connectivity index (χ4v) is 3.07. The number of carbonyl (C=O) groups is 1. The van der Waals surface area contributed by atoms with Crippen molar-refractivity contribution in [3.63, 3.8) is 0 Å². The van der Waals surface area contributed by atoms with E-state index in [0.29, 0.717) is 10.7 Å². The van der Waals surface area contributed by atoms with Gasteiger partial charge in [0.05, 0.1) is 41.8 Å². The molecular weight excluding hydrogens is 415 g/mol. The lowest BCUT2D eigenvalue weighted by molar-refractivity contribution is 0.102. The van der Waals surface area contributed by atoms with Gasteiger partial charge < -0.3 is 14.8 Å². The van der Waals surface area contributed by atoms with Crippen molar-refractivity contribution in [2.75, 3.05) is 37.1 Å². The Hall–Kier alpha value is -2.16. The van der Waals surface area contributed by atoms with Gasteiger partial charge in [-0.15, -0.1) is 0 Å². The minimum Gasteiger partial charge on any atom is -0.493 e. The van der Waals surface area contributed by atoms with Crippen LogP contribution in [0.15, 0.2) is 30.3 Å². The monoisotopic (exact) mass is 432 g/mol. The topological polar surface area (TPSA) is 84.9 Å². The van der Waals surface area contributed by atoms with E-state index in [1.165, 1.54) is 45.5 Å². The molecule has 2 rings (SSSR count). The first-order valence-electron chi connectivity index (χ1n) is 7.54. The van der Waals surface area contributed by atoms with Gasteiger partial charge in [0.2, 0.25) is 10.0 Å². The molecule has 27 heavy (non-hydrogen) atoms. The lowest BCUT2D eigenvalue weighted by atomic mass is 10.1. The van der Waals surface area contributed by atoms with Gasteiger partial charge in [0.1, 0.15) is 0 Å². The molecule has 146 valence electrons. The van der Waals surface area contributed by atoms with Gasteiger partial charge in [0.15, 0.2) is 11.5 Å². The zero-order valence-electron chi connectivity index (χ0n) is 15.0. The SMILES string of the molecule is COc1cc(C(=O)Nc2ccc(Cl)c(Cl)c2)c(N(C)S(C)(=O)=O)cc1OC. The summed E-state index contributed by atoms with van der Waals surface area (Å²) in [6.07, 6.45) is 1.03. The maximum Gasteiger partial charge on any atom is 0.257 e. The van der Waals surface area contributed by atoms with Crippen molar-refractivity contribution in [2.24, 2.45) is 0 Å². The van der Waals surface area contributed by atoms with Crippen molar-refractivity contribution >= 4 is 50.5 Å². The van der Waals surface area contributed by atoms with Crippen LogP contribution in [0.2, 0.25) is 10.0 Å². The van der Waals surface area contributed by atoms with Crippen LogP contribution >= 0.6 is 23.2 Å². The summed E-state index contributed by atoms with van der Waals surface area (Å²) in [6.45, 7) is 0. The number of halogens is 2. The Kier molecular flexibility index (Phi) is 6.46. The first-order chi connectivity index (χ1) is 12.6. The maximum absolute atomic E-state index is 12.8. The Labute approximate surface area is 167 Å². The molecule has 0 unspecified atom stereocenters. The van der Waals surface area contributed by atoms with E-state index in [1.54, 1.807) is 6.07 Å². The predicted octanol–water partition coefficient (Wildman–Crippen LogP) is 3.66. The molecule has 1 amide bonds. The molecule has 1 N–H and O–H groups in total. The lowest BCUT2D eigenvalue weighted by Gasteiger charge is -2.22. The van der Waals surface area contributed by atoms with E-state index in [9.17, 15) is 13.2 Å². The van der Waals surface area contributed by atoms with Crippen LogP contribution in [0.4, 0.5) is 11.4 Å². The first kappa shape index (κ1) is 21.1. The second-order valence-electron chi connectivity index (χ2n) is 5.54. The number of anilines is 2. The number of ether oxygens (including phenoxy) is 2. The highest BCUT2D eigenvalue weighted by Gasteiger charge is 2.23. The fraction of sp³-hybridized carbons (Fsp3) is 0.235. The van der Waals surface area contributed by atoms with Gasteiger partial charge in [-0.05, 0) is 24.3 Å². The number of rotatable bonds is 6. The molecule has 0 aliphatic rings. The van der Waals surface area contributed by atoms with Gasteiger partial charge in [-0.25, -0.2) is 8.42 Å². The standard InChI is InChI=1S/C17H18Cl2N2O5S/c1-21(27(4,23)24)14-9-16(26-3)15(25-2)8-11(14)17(22)20-10-5-6-12(18)13(19)7-10/h5-9H,1-4H3,(H,20,22). The molecule has 0 aliphatic heterocycles. The summed E-state index contributed by atoms with van der Waals surface area (Å²) in [5, 5.41) is 3.28. The largest absolute Gasteiger partial charge is 0.493 e. The highest BCUT2D eigenvalue weighted by atomic mass is 35.5. The molecule has 0 aliphatic carbocycles. The van der Waals surface area contributed by atoms with Crippen molar-refractivity contribution in [1.82, 2.24) is 0 Å². The Balaban J connectivity index is 2.54. The van der Waals surface area contributed by atoms with Crippen LogP contribution in [0.5, 0.6) is 11.5 Å². The van der Waals surface area contributed by atoms with Gasteiger partial charge in [0, 0.05) is 18.8 Å². The van der Waals surface area contributed by atoms with Crippen LogP contribution in [0.1, 0.15) is 10.4 Å². The third-order valence-corrected chi connectivity index (χ3v) is 5.69. The molecule has 0 bridgehead atoms. The zero-order valence-corrected chi connectivity index (χ0v) is 17.4. The van der Waals surface area contributed by atoms with E-state index in [4.69, 9.17) is 32.7 Å². The van der Waals surface area contributed by atoms with E-state index in [-0.39, 0.29) is 27.8 Å². The molecular formula is C17H18Cl2N2O5S. The second kappa shape index (κ2) is 8.24. The third kappa shape index (κ3) is 4.77. The van der Waals surface area contributed by atoms with Crippen LogP contribution in [0, 0.1) is 0 Å². The van der Waals surface area contributed by atoms with E-state index >= 15 is 0 Å². The number of hydrogen-bond donors (Lipinski definition) is 1. The maximum atomic E-state index is 12.8. The molecule has 2 aromatic carbocycles. The summed E-state index contributed by atoms with van der Waals surface area (Å²) in [7, 11) is 0.546. The molecule has 10 heteroatoms. The molecule has 0 heterocycles. The Morgan fingerprint density at radius 1 is 1.04 bits per heavy atom. The summed E-state index contributed by atoms with van der Waals surface area (Å²) >= 11 is 11.8. The predicted molar refractivity (Wildman–Crippen MR) is 107 cm³/mol. The smallest absolute Gasteiger partial charge is 0.257 e. The van der Waals surface area contributed by atoms with Crippen molar-refractivity contribution in [1.29, 1.82) is 0 Å². The molecule has 0 saturated heterocycles. The van der Waals surface area contributed by atoms with E-state index in [0.717, 1.165) is 10.6 Å². The lowest BCUT2D eigenvalue weighted by Crippen LogP contribution is -2.28. The Morgan fingerprint density at radius 3 is 2.15 bits per heavy atom. The van der Waals surface area contributed by atoms with Gasteiger partial charge >= 0.3 is 0 Å². The van der Waals surface area contributed by atoms with Crippen LogP contribution in [-0.4, -0.2) is 41.8 Å². The molecule has 0 aromatic heterocycles. The van der Waals surface area contributed by atoms with Crippen molar-refractivity contribution < 1.29 is 22.7 Å². The number of nitrogens with zero attached hydrogens (tertiary/aromatic N) is 1. The average Bonchev–Trinajstić information content (AvgIpc) is 2.62. The number of benzene rings is 2. The summed E-state index contributed by atoms with van der Waals surface area (Å²) < 4.78 is 35.4. The van der Waals surface area contributed by atoms with Gasteiger partial charge in [0.25, 0.3) is 5.91 Å². The van der Waals surface area contributed by atoms with Crippen LogP contribution in [0.25, 0.3) is 0 Å². The number of methoxy groups -OCH3 is 2. The Morgan fingerprint density at radius 2 is 1.63 bits per heavy atom. The van der Waals surface area contributed by atoms with Crippen molar-refractivity contribution in [3.05, 3.63) is 45.9 Å². The average molecular weight is 433 g/mol. The Bertz CT molecular complexity index is 980. The van der Waals surface area contributed by atoms with Gasteiger partial charge in [-0.1, -0.05) is 23.2 Å². The third-order valence-electron chi connectivity index (χ3n) is 3.76. The van der Waals surface area contributed by atoms with E-state index < -0.39 is 15.9 Å². The molecule has 7 nitrogen and oxygen atoms in total. The quantitative estimate of drug-likeness (QED) is 0.752. The van der Waals surface area contributed by atoms with Gasteiger partial charge in [-0.2, -0.15) is 0 Å². The van der Waals surface area contributed by atoms with Crippen LogP contribution in [0.3, 0.4) is 0 Å². The van der Waals surface area contributed by atoms with Crippen molar-refractivity contribution in [3.8, 4) is 11.5 Å². The van der Waals surface area contributed by atoms with Crippen LogP contribution < -0.4 is 19.1 Å². The number of carbonyl (C=O) groups excluding carboxylic acids is 1. The molecule has 0 spiro atoms. The molecule has 0 atom stereocenters. The second-order valence-corrected chi connectivity index (χ2v) is 8.37. The molecule has 0 radical (unpaired) electrons. The highest BCUT2D eigenvalue weighted by Crippen LogP contribution is 2.36. The minimum absolute atomic E-state index is 0.0756. The number of nitrogens with one attached hydrogen (secondary N) is 1. The fourth-order valence-electron chi connectivity index (χ4n) is 2.26. The van der Waals surface area contributed by atoms with Crippen molar-refractivity contribution in [2.45, 2.75) is 0 Å². The zero-order chi connectivity index (χ0) is 20.4. The highest BCUT2D eigenvalue weighted by molar-refractivity contribution is 7.92. The molecule has 0 fully saturated rings. The summed E-state index contributed by atoms with van der Waals surface area (Å²) in [4.78, 5) is 12.8. The molecule has 2 aromatic rings. The number of hydrogen-bond acceptors (Lipinski definition) is 5. The van der Waals surface area contributed by atoms with E-state index in [1.807, 2.05) is 0 Å². The number of amides is 1. The normalized spacial score (nSPS) is 11.0.